The van der Waals surface area contributed by atoms with Gasteiger partial charge in [0.2, 0.25) is 6.43 Å². The van der Waals surface area contributed by atoms with Gasteiger partial charge in [0.1, 0.15) is 0 Å². The van der Waals surface area contributed by atoms with Crippen molar-refractivity contribution < 1.29 is 8.78 Å². The van der Waals surface area contributed by atoms with Crippen LogP contribution >= 0.6 is 0 Å². The lowest BCUT2D eigenvalue weighted by Crippen LogP contribution is -2.54. The number of alkyl halides is 2. The minimum absolute atomic E-state index is 0.0218. The summed E-state index contributed by atoms with van der Waals surface area (Å²) in [5, 5.41) is 8.69. The minimum Gasteiger partial charge on any atom is -0.298 e. The Bertz CT molecular complexity index is 655. The Morgan fingerprint density at radius 2 is 1.95 bits per heavy atom. The van der Waals surface area contributed by atoms with Crippen LogP contribution in [-0.4, -0.2) is 44.0 Å². The molecule has 22 heavy (non-hydrogen) atoms. The molecule has 0 atom stereocenters. The van der Waals surface area contributed by atoms with E-state index in [1.807, 2.05) is 33.4 Å². The summed E-state index contributed by atoms with van der Waals surface area (Å²) in [6, 6.07) is 0. The third kappa shape index (κ3) is 3.04. The van der Waals surface area contributed by atoms with Gasteiger partial charge in [-0.1, -0.05) is 6.92 Å². The lowest BCUT2D eigenvalue weighted by atomic mass is 9.79. The highest BCUT2D eigenvalue weighted by Crippen LogP contribution is 2.37. The summed E-state index contributed by atoms with van der Waals surface area (Å²) in [4.78, 5) is 2.19. The Morgan fingerprint density at radius 3 is 2.55 bits per heavy atom. The van der Waals surface area contributed by atoms with Gasteiger partial charge in [0.15, 0.2) is 0 Å². The fourth-order valence-electron chi connectivity index (χ4n) is 3.33. The van der Waals surface area contributed by atoms with Gasteiger partial charge in [0, 0.05) is 63.7 Å². The van der Waals surface area contributed by atoms with Crippen LogP contribution < -0.4 is 0 Å². The highest BCUT2D eigenvalue weighted by molar-refractivity contribution is 5.60. The van der Waals surface area contributed by atoms with Crippen molar-refractivity contribution in [1.82, 2.24) is 24.5 Å². The van der Waals surface area contributed by atoms with Gasteiger partial charge >= 0.3 is 0 Å². The third-order valence-corrected chi connectivity index (χ3v) is 4.13. The Balaban J connectivity index is 1.70. The molecular weight excluding hydrogens is 288 g/mol. The van der Waals surface area contributed by atoms with E-state index >= 15 is 0 Å². The van der Waals surface area contributed by atoms with Gasteiger partial charge in [-0.25, -0.2) is 8.78 Å². The van der Waals surface area contributed by atoms with Crippen LogP contribution in [0.25, 0.3) is 11.3 Å². The maximum atomic E-state index is 12.6. The van der Waals surface area contributed by atoms with Crippen LogP contribution in [0.3, 0.4) is 0 Å². The first-order valence-electron chi connectivity index (χ1n) is 7.37. The lowest BCUT2D eigenvalue weighted by molar-refractivity contribution is -0.0373. The molecule has 120 valence electrons. The first-order valence-corrected chi connectivity index (χ1v) is 7.37. The Labute approximate surface area is 128 Å². The topological polar surface area (TPSA) is 38.9 Å². The molecule has 1 aliphatic rings. The zero-order valence-corrected chi connectivity index (χ0v) is 13.1. The monoisotopic (exact) mass is 309 g/mol. The van der Waals surface area contributed by atoms with Crippen LogP contribution in [0.15, 0.2) is 18.6 Å². The molecule has 0 bridgehead atoms. The normalized spacial score (nSPS) is 17.9. The molecule has 7 heteroatoms. The number of hydrogen-bond donors (Lipinski definition) is 0. The molecule has 0 spiro atoms. The van der Waals surface area contributed by atoms with Crippen LogP contribution in [0.5, 0.6) is 0 Å². The van der Waals surface area contributed by atoms with Crippen molar-refractivity contribution in [2.75, 3.05) is 13.1 Å². The van der Waals surface area contributed by atoms with E-state index in [1.54, 1.807) is 15.6 Å². The number of aromatic nitrogens is 4. The summed E-state index contributed by atoms with van der Waals surface area (Å²) >= 11 is 0. The number of hydrogen-bond acceptors (Lipinski definition) is 3. The molecule has 0 aromatic carbocycles. The van der Waals surface area contributed by atoms with Crippen molar-refractivity contribution in [3.63, 3.8) is 0 Å². The van der Waals surface area contributed by atoms with E-state index < -0.39 is 6.43 Å². The molecule has 5 nitrogen and oxygen atoms in total. The Kier molecular flexibility index (Phi) is 3.76. The highest BCUT2D eigenvalue weighted by Gasteiger charge is 2.40. The third-order valence-electron chi connectivity index (χ3n) is 4.13. The van der Waals surface area contributed by atoms with Crippen molar-refractivity contribution in [1.29, 1.82) is 0 Å². The molecule has 0 amide bonds. The van der Waals surface area contributed by atoms with Crippen LogP contribution in [0.4, 0.5) is 8.78 Å². The molecular formula is C15H21F2N5. The number of rotatable bonds is 5. The minimum atomic E-state index is -2.23. The summed E-state index contributed by atoms with van der Waals surface area (Å²) < 4.78 is 28.6. The second-order valence-electron chi connectivity index (χ2n) is 6.63. The van der Waals surface area contributed by atoms with E-state index in [0.29, 0.717) is 13.1 Å². The van der Waals surface area contributed by atoms with E-state index in [1.165, 1.54) is 0 Å². The second kappa shape index (κ2) is 5.46. The average Bonchev–Trinajstić information content (AvgIpc) is 2.92. The summed E-state index contributed by atoms with van der Waals surface area (Å²) in [6.45, 7) is 4.08. The van der Waals surface area contributed by atoms with E-state index in [9.17, 15) is 8.78 Å². The zero-order chi connectivity index (χ0) is 15.9. The van der Waals surface area contributed by atoms with Crippen LogP contribution in [0, 0.1) is 5.41 Å². The molecule has 0 aliphatic carbocycles. The summed E-state index contributed by atoms with van der Waals surface area (Å²) in [5.74, 6) is 0. The van der Waals surface area contributed by atoms with Crippen molar-refractivity contribution in [3.8, 4) is 11.3 Å². The second-order valence-corrected chi connectivity index (χ2v) is 6.63. The maximum Gasteiger partial charge on any atom is 0.239 e. The Morgan fingerprint density at radius 1 is 1.23 bits per heavy atom. The van der Waals surface area contributed by atoms with Gasteiger partial charge in [0.25, 0.3) is 0 Å². The van der Waals surface area contributed by atoms with E-state index in [0.717, 1.165) is 23.4 Å². The summed E-state index contributed by atoms with van der Waals surface area (Å²) in [7, 11) is 3.76. The largest absolute Gasteiger partial charge is 0.298 e. The quantitative estimate of drug-likeness (QED) is 0.851. The van der Waals surface area contributed by atoms with E-state index in [-0.39, 0.29) is 11.8 Å². The van der Waals surface area contributed by atoms with Gasteiger partial charge in [-0.05, 0) is 5.41 Å². The molecule has 0 N–H and O–H groups in total. The molecule has 0 unspecified atom stereocenters. The van der Waals surface area contributed by atoms with Crippen molar-refractivity contribution in [2.45, 2.75) is 26.3 Å². The SMILES string of the molecule is Cn1cc(-c2nn(C)cc2CN2CC(C)(CC(F)F)C2)cn1. The van der Waals surface area contributed by atoms with Crippen LogP contribution in [-0.2, 0) is 20.6 Å². The highest BCUT2D eigenvalue weighted by atomic mass is 19.3. The number of likely N-dealkylation sites (tertiary alicyclic amines) is 1. The number of halogens is 2. The molecule has 3 heterocycles. The number of nitrogens with zero attached hydrogens (tertiary/aromatic N) is 5. The van der Waals surface area contributed by atoms with Crippen molar-refractivity contribution in [3.05, 3.63) is 24.2 Å². The lowest BCUT2D eigenvalue weighted by Gasteiger charge is -2.48. The van der Waals surface area contributed by atoms with Gasteiger partial charge in [0.05, 0.1) is 11.9 Å². The van der Waals surface area contributed by atoms with Crippen molar-refractivity contribution >= 4 is 0 Å². The molecule has 1 saturated heterocycles. The molecule has 0 saturated carbocycles. The first kappa shape index (κ1) is 15.1. The summed E-state index contributed by atoms with van der Waals surface area (Å²) in [5.41, 5.74) is 2.74. The van der Waals surface area contributed by atoms with Gasteiger partial charge in [-0.2, -0.15) is 10.2 Å². The van der Waals surface area contributed by atoms with E-state index in [2.05, 4.69) is 15.1 Å². The fraction of sp³-hybridized carbons (Fsp3) is 0.600. The van der Waals surface area contributed by atoms with Gasteiger partial charge in [-0.15, -0.1) is 0 Å². The maximum absolute atomic E-state index is 12.6. The molecule has 2 aromatic rings. The molecule has 2 aromatic heterocycles. The first-order chi connectivity index (χ1) is 10.3. The average molecular weight is 309 g/mol. The van der Waals surface area contributed by atoms with E-state index in [4.69, 9.17) is 0 Å². The van der Waals surface area contributed by atoms with Gasteiger partial charge < -0.3 is 0 Å². The smallest absolute Gasteiger partial charge is 0.239 e. The molecule has 0 radical (unpaired) electrons. The number of aryl methyl sites for hydroxylation is 2. The molecule has 1 fully saturated rings. The predicted octanol–water partition coefficient (Wildman–Crippen LogP) is 2.30. The summed E-state index contributed by atoms with van der Waals surface area (Å²) in [6.07, 6.45) is 3.47. The zero-order valence-electron chi connectivity index (χ0n) is 13.1. The standard InChI is InChI=1S/C15H21F2N5/c1-15(4-13(16)17)9-22(10-15)8-12-7-21(3)19-14(12)11-5-18-20(2)6-11/h5-7,13H,4,8-10H2,1-3H3. The van der Waals surface area contributed by atoms with Gasteiger partial charge in [-0.3, -0.25) is 14.3 Å². The predicted molar refractivity (Wildman–Crippen MR) is 79.4 cm³/mol. The Hall–Kier alpha value is -1.76. The van der Waals surface area contributed by atoms with Crippen LogP contribution in [0.1, 0.15) is 18.9 Å². The van der Waals surface area contributed by atoms with Crippen molar-refractivity contribution in [2.24, 2.45) is 19.5 Å². The van der Waals surface area contributed by atoms with Crippen LogP contribution in [0.2, 0.25) is 0 Å². The molecule has 1 aliphatic heterocycles. The molecule has 3 rings (SSSR count). The fourth-order valence-corrected chi connectivity index (χ4v) is 3.33.